The molecule has 114 valence electrons. The van der Waals surface area contributed by atoms with Crippen molar-refractivity contribution in [3.05, 3.63) is 0 Å². The number of nitrogens with one attached hydrogen (secondary N) is 1. The van der Waals surface area contributed by atoms with E-state index in [2.05, 4.69) is 12.4 Å². The van der Waals surface area contributed by atoms with Crippen molar-refractivity contribution in [2.75, 3.05) is 27.9 Å². The first-order valence-electron chi connectivity index (χ1n) is 7.19. The predicted octanol–water partition coefficient (Wildman–Crippen LogP) is 2.15. The molecule has 2 atom stereocenters. The molecular formula is C13H29NO4Si. The van der Waals surface area contributed by atoms with Crippen LogP contribution in [-0.4, -0.2) is 47.8 Å². The Morgan fingerprint density at radius 2 is 1.89 bits per heavy atom. The predicted molar refractivity (Wildman–Crippen MR) is 77.0 cm³/mol. The van der Waals surface area contributed by atoms with Crippen LogP contribution in [0.25, 0.3) is 0 Å². The van der Waals surface area contributed by atoms with Crippen molar-refractivity contribution in [1.29, 1.82) is 0 Å². The minimum atomic E-state index is -2.41. The highest BCUT2D eigenvalue weighted by Crippen LogP contribution is 2.43. The second-order valence-corrected chi connectivity index (χ2v) is 8.67. The molecule has 1 N–H and O–H groups in total. The summed E-state index contributed by atoms with van der Waals surface area (Å²) in [5.41, 5.74) is 3.17. The summed E-state index contributed by atoms with van der Waals surface area (Å²) in [5, 5.41) is -0.390. The molecule has 1 rings (SSSR count). The smallest absolute Gasteiger partial charge is 0.372 e. The highest BCUT2D eigenvalue weighted by molar-refractivity contribution is 6.71. The molecule has 0 radical (unpaired) electrons. The van der Waals surface area contributed by atoms with Crippen molar-refractivity contribution < 1.29 is 18.4 Å². The van der Waals surface area contributed by atoms with E-state index in [0.717, 1.165) is 31.7 Å². The summed E-state index contributed by atoms with van der Waals surface area (Å²) in [6.07, 6.45) is 4.05. The molecule has 0 aliphatic carbocycles. The fourth-order valence-corrected chi connectivity index (χ4v) is 7.39. The van der Waals surface area contributed by atoms with Gasteiger partial charge in [-0.2, -0.15) is 5.48 Å². The van der Waals surface area contributed by atoms with Gasteiger partial charge in [0.25, 0.3) is 0 Å². The molecule has 5 nitrogen and oxygen atoms in total. The van der Waals surface area contributed by atoms with Crippen LogP contribution in [0.5, 0.6) is 0 Å². The average Bonchev–Trinajstić information content (AvgIpc) is 2.46. The zero-order chi connectivity index (χ0) is 14.4. The van der Waals surface area contributed by atoms with Gasteiger partial charge in [-0.05, 0) is 32.2 Å². The lowest BCUT2D eigenvalue weighted by Crippen LogP contribution is -2.73. The molecular weight excluding hydrogens is 262 g/mol. The fourth-order valence-electron chi connectivity index (χ4n) is 3.36. The van der Waals surface area contributed by atoms with E-state index in [1.54, 1.807) is 21.3 Å². The molecule has 1 heterocycles. The number of methoxy groups -OCH3 is 1. The van der Waals surface area contributed by atoms with Crippen LogP contribution in [0, 0.1) is 0 Å². The maximum Gasteiger partial charge on any atom is 0.372 e. The molecule has 1 saturated heterocycles. The van der Waals surface area contributed by atoms with Crippen LogP contribution in [0.15, 0.2) is 0 Å². The maximum absolute atomic E-state index is 6.00. The first-order valence-corrected chi connectivity index (χ1v) is 9.21. The summed E-state index contributed by atoms with van der Waals surface area (Å²) in [6, 6.07) is 1.09. The molecule has 0 spiro atoms. The molecule has 0 aromatic heterocycles. The summed E-state index contributed by atoms with van der Waals surface area (Å²) >= 11 is 0. The minimum absolute atomic E-state index is 0.123. The molecule has 0 aromatic rings. The lowest BCUT2D eigenvalue weighted by atomic mass is 10.0. The summed E-state index contributed by atoms with van der Waals surface area (Å²) in [5.74, 6) is 0. The van der Waals surface area contributed by atoms with E-state index >= 15 is 0 Å². The molecule has 6 heteroatoms. The Labute approximate surface area is 118 Å². The van der Waals surface area contributed by atoms with Gasteiger partial charge in [-0.1, -0.05) is 13.3 Å². The van der Waals surface area contributed by atoms with E-state index in [-0.39, 0.29) is 6.04 Å². The van der Waals surface area contributed by atoms with Crippen LogP contribution >= 0.6 is 0 Å². The third-order valence-corrected chi connectivity index (χ3v) is 8.64. The second kappa shape index (κ2) is 7.71. The van der Waals surface area contributed by atoms with Crippen LogP contribution in [0.1, 0.15) is 39.5 Å². The van der Waals surface area contributed by atoms with E-state index in [1.807, 2.05) is 6.92 Å². The van der Waals surface area contributed by atoms with Gasteiger partial charge in [-0.25, -0.2) is 0 Å². The van der Waals surface area contributed by atoms with Crippen LogP contribution in [-0.2, 0) is 18.4 Å². The van der Waals surface area contributed by atoms with Crippen molar-refractivity contribution >= 4 is 8.56 Å². The molecule has 1 aliphatic rings. The Morgan fingerprint density at radius 3 is 2.37 bits per heavy atom. The van der Waals surface area contributed by atoms with E-state index in [9.17, 15) is 0 Å². The van der Waals surface area contributed by atoms with E-state index in [0.29, 0.717) is 6.61 Å². The van der Waals surface area contributed by atoms with Gasteiger partial charge in [0.05, 0.1) is 12.6 Å². The molecule has 1 fully saturated rings. The molecule has 19 heavy (non-hydrogen) atoms. The Kier molecular flexibility index (Phi) is 6.92. The lowest BCUT2D eigenvalue weighted by molar-refractivity contribution is -0.0884. The van der Waals surface area contributed by atoms with Crippen LogP contribution < -0.4 is 5.48 Å². The monoisotopic (exact) mass is 291 g/mol. The molecule has 2 unspecified atom stereocenters. The van der Waals surface area contributed by atoms with Crippen molar-refractivity contribution in [1.82, 2.24) is 5.48 Å². The fraction of sp³-hybridized carbons (Fsp3) is 1.00. The third-order valence-electron chi connectivity index (χ3n) is 4.22. The highest BCUT2D eigenvalue weighted by Gasteiger charge is 2.63. The summed E-state index contributed by atoms with van der Waals surface area (Å²) in [6.45, 7) is 4.77. The quantitative estimate of drug-likeness (QED) is 0.548. The Hall–Kier alpha value is 0.0169. The van der Waals surface area contributed by atoms with Crippen LogP contribution in [0.2, 0.25) is 6.04 Å². The van der Waals surface area contributed by atoms with E-state index in [1.165, 1.54) is 0 Å². The Morgan fingerprint density at radius 1 is 1.21 bits per heavy atom. The van der Waals surface area contributed by atoms with Crippen molar-refractivity contribution in [2.45, 2.75) is 56.8 Å². The highest BCUT2D eigenvalue weighted by atomic mass is 28.4. The van der Waals surface area contributed by atoms with Crippen molar-refractivity contribution in [2.24, 2.45) is 0 Å². The zero-order valence-electron chi connectivity index (χ0n) is 13.0. The van der Waals surface area contributed by atoms with Gasteiger partial charge >= 0.3 is 8.56 Å². The molecule has 0 aromatic carbocycles. The van der Waals surface area contributed by atoms with Gasteiger partial charge in [0.2, 0.25) is 0 Å². The first-order chi connectivity index (χ1) is 9.16. The summed E-state index contributed by atoms with van der Waals surface area (Å²) < 4.78 is 17.8. The number of ether oxygens (including phenoxy) is 1. The molecule has 0 amide bonds. The summed E-state index contributed by atoms with van der Waals surface area (Å²) in [7, 11) is 2.86. The topological polar surface area (TPSA) is 49.0 Å². The van der Waals surface area contributed by atoms with E-state index in [4.69, 9.17) is 18.4 Å². The number of hydroxylamine groups is 1. The van der Waals surface area contributed by atoms with Crippen molar-refractivity contribution in [3.63, 3.8) is 0 Å². The number of rotatable bonds is 8. The van der Waals surface area contributed by atoms with Crippen molar-refractivity contribution in [3.8, 4) is 0 Å². The first kappa shape index (κ1) is 17.1. The Balaban J connectivity index is 3.08. The normalized spacial score (nSPS) is 30.5. The third kappa shape index (κ3) is 3.04. The standard InChI is InChI=1S/C13H29NO4Si/c1-6-10-13(15-3)12(14-18-7-2)9-8-11-19(13,16-4)17-5/h12,14H,6-11H2,1-5H3. The molecule has 0 bridgehead atoms. The largest absolute Gasteiger partial charge is 0.396 e. The van der Waals surface area contributed by atoms with Gasteiger partial charge in [-0.3, -0.25) is 0 Å². The van der Waals surface area contributed by atoms with Crippen LogP contribution in [0.3, 0.4) is 0 Å². The summed E-state index contributed by atoms with van der Waals surface area (Å²) in [4.78, 5) is 5.44. The second-order valence-electron chi connectivity index (χ2n) is 5.00. The van der Waals surface area contributed by atoms with Gasteiger partial charge in [0, 0.05) is 21.3 Å². The average molecular weight is 291 g/mol. The van der Waals surface area contributed by atoms with Gasteiger partial charge in [0.1, 0.15) is 5.22 Å². The van der Waals surface area contributed by atoms with E-state index < -0.39 is 13.8 Å². The number of hydrogen-bond donors (Lipinski definition) is 1. The lowest BCUT2D eigenvalue weighted by Gasteiger charge is -2.52. The minimum Gasteiger partial charge on any atom is -0.396 e. The van der Waals surface area contributed by atoms with Gasteiger partial charge < -0.3 is 18.4 Å². The van der Waals surface area contributed by atoms with Crippen LogP contribution in [0.4, 0.5) is 0 Å². The maximum atomic E-state index is 6.00. The molecule has 1 aliphatic heterocycles. The number of hydrogen-bond acceptors (Lipinski definition) is 5. The van der Waals surface area contributed by atoms with Gasteiger partial charge in [0.15, 0.2) is 0 Å². The van der Waals surface area contributed by atoms with Gasteiger partial charge in [-0.15, -0.1) is 0 Å². The SMILES string of the molecule is CCCC1(OC)C(NOCC)CCC[Si]1(OC)OC. The zero-order valence-corrected chi connectivity index (χ0v) is 14.0. The Bertz CT molecular complexity index is 263. The molecule has 0 saturated carbocycles.